The van der Waals surface area contributed by atoms with Crippen LogP contribution in [0.3, 0.4) is 0 Å². The van der Waals surface area contributed by atoms with Crippen LogP contribution in [0.25, 0.3) is 0 Å². The molecule has 0 saturated heterocycles. The first-order chi connectivity index (χ1) is 15.7. The van der Waals surface area contributed by atoms with E-state index in [-0.39, 0.29) is 17.2 Å². The summed E-state index contributed by atoms with van der Waals surface area (Å²) in [4.78, 5) is 0. The fourth-order valence-electron chi connectivity index (χ4n) is 2.57. The molecule has 0 heterocycles. The zero-order valence-electron chi connectivity index (χ0n) is 16.6. The molecule has 0 aliphatic heterocycles. The molecule has 0 bridgehead atoms. The van der Waals surface area contributed by atoms with Gasteiger partial charge in [-0.2, -0.15) is 39.5 Å². The van der Waals surface area contributed by atoms with Gasteiger partial charge in [0.25, 0.3) is 0 Å². The molecule has 3 aromatic rings. The average Bonchev–Trinajstić information content (AvgIpc) is 2.73. The van der Waals surface area contributed by atoms with Gasteiger partial charge in [0.15, 0.2) is 0 Å². The minimum atomic E-state index is -4.61. The summed E-state index contributed by atoms with van der Waals surface area (Å²) in [5.74, 6) is -0.509. The van der Waals surface area contributed by atoms with Gasteiger partial charge in [-0.25, -0.2) is 0 Å². The largest absolute Gasteiger partial charge is 0.864 e. The smallest absolute Gasteiger partial charge is 0.490 e. The standard InChI is InChI=1S/C21H12BF9O3/c23-19(24,25)13-1-7-16(8-2-13)32-22(33-17-9-3-14(4-10-17)20(26,27)28)34-18-11-5-15(6-12-18)21(29,30)31/h1-12H. The van der Waals surface area contributed by atoms with Gasteiger partial charge in [0, 0.05) is 0 Å². The Hall–Kier alpha value is -3.51. The van der Waals surface area contributed by atoms with Crippen molar-refractivity contribution in [3.8, 4) is 17.2 Å². The molecule has 3 rings (SSSR count). The second-order valence-corrected chi connectivity index (χ2v) is 6.71. The lowest BCUT2D eigenvalue weighted by atomic mass is 10.1. The lowest BCUT2D eigenvalue weighted by Crippen LogP contribution is -2.37. The van der Waals surface area contributed by atoms with Crippen LogP contribution in [0.1, 0.15) is 16.7 Å². The number of halogens is 9. The molecule has 0 aliphatic rings. The number of benzene rings is 3. The molecule has 0 amide bonds. The van der Waals surface area contributed by atoms with E-state index < -0.39 is 42.5 Å². The Bertz CT molecular complexity index is 934. The van der Waals surface area contributed by atoms with Gasteiger partial charge in [0.1, 0.15) is 17.2 Å². The molecule has 13 heteroatoms. The molecule has 0 unspecified atom stereocenters. The Morgan fingerprint density at radius 3 is 0.765 bits per heavy atom. The Morgan fingerprint density at radius 2 is 0.588 bits per heavy atom. The van der Waals surface area contributed by atoms with Crippen LogP contribution in [0.4, 0.5) is 39.5 Å². The molecule has 3 nitrogen and oxygen atoms in total. The SMILES string of the molecule is FC(F)(F)c1ccc(OB(Oc2ccc(C(F)(F)F)cc2)Oc2ccc(C(F)(F)F)cc2)cc1. The minimum Gasteiger partial charge on any atom is -0.490 e. The van der Waals surface area contributed by atoms with E-state index in [9.17, 15) is 39.5 Å². The van der Waals surface area contributed by atoms with Crippen LogP contribution in [0.2, 0.25) is 0 Å². The zero-order chi connectivity index (χ0) is 25.1. The van der Waals surface area contributed by atoms with E-state index in [1.165, 1.54) is 0 Å². The molecule has 0 radical (unpaired) electrons. The third-order valence-corrected chi connectivity index (χ3v) is 4.24. The van der Waals surface area contributed by atoms with Crippen LogP contribution in [-0.2, 0) is 18.5 Å². The molecular formula is C21H12BF9O3. The summed E-state index contributed by atoms with van der Waals surface area (Å²) < 4.78 is 131. The van der Waals surface area contributed by atoms with Crippen LogP contribution in [0, 0.1) is 0 Å². The second-order valence-electron chi connectivity index (χ2n) is 6.71. The van der Waals surface area contributed by atoms with E-state index >= 15 is 0 Å². The van der Waals surface area contributed by atoms with Gasteiger partial charge < -0.3 is 14.0 Å². The van der Waals surface area contributed by atoms with E-state index in [1.54, 1.807) is 0 Å². The highest BCUT2D eigenvalue weighted by atomic mass is 19.4. The maximum Gasteiger partial charge on any atom is 0.864 e. The highest BCUT2D eigenvalue weighted by Gasteiger charge is 2.35. The fourth-order valence-corrected chi connectivity index (χ4v) is 2.57. The third kappa shape index (κ3) is 6.75. The monoisotopic (exact) mass is 494 g/mol. The lowest BCUT2D eigenvalue weighted by Gasteiger charge is -2.17. The first-order valence-electron chi connectivity index (χ1n) is 9.23. The quantitative estimate of drug-likeness (QED) is 0.267. The van der Waals surface area contributed by atoms with E-state index in [0.29, 0.717) is 36.4 Å². The highest BCUT2D eigenvalue weighted by Crippen LogP contribution is 2.33. The van der Waals surface area contributed by atoms with Crippen LogP contribution >= 0.6 is 0 Å². The molecule has 0 aromatic heterocycles. The van der Waals surface area contributed by atoms with Gasteiger partial charge in [0.2, 0.25) is 0 Å². The molecule has 0 N–H and O–H groups in total. The Kier molecular flexibility index (Phi) is 6.94. The zero-order valence-corrected chi connectivity index (χ0v) is 16.6. The molecule has 0 aliphatic carbocycles. The number of hydrogen-bond donors (Lipinski definition) is 0. The topological polar surface area (TPSA) is 27.7 Å². The summed E-state index contributed by atoms with van der Waals surface area (Å²) >= 11 is 0. The van der Waals surface area contributed by atoms with Gasteiger partial charge in [0.05, 0.1) is 16.7 Å². The summed E-state index contributed by atoms with van der Waals surface area (Å²) in [6, 6.07) is 9.94. The Balaban J connectivity index is 1.82. The number of rotatable bonds is 6. The molecule has 0 fully saturated rings. The maximum absolute atomic E-state index is 12.7. The summed E-state index contributed by atoms with van der Waals surface area (Å²) in [6.07, 6.45) is -13.8. The van der Waals surface area contributed by atoms with Crippen LogP contribution < -0.4 is 14.0 Å². The average molecular weight is 494 g/mol. The van der Waals surface area contributed by atoms with E-state index in [4.69, 9.17) is 14.0 Å². The summed E-state index contributed by atoms with van der Waals surface area (Å²) in [6.45, 7) is 0. The summed E-state index contributed by atoms with van der Waals surface area (Å²) in [7, 11) is -1.77. The van der Waals surface area contributed by atoms with Crippen molar-refractivity contribution in [2.24, 2.45) is 0 Å². The van der Waals surface area contributed by atoms with E-state index in [2.05, 4.69) is 0 Å². The van der Waals surface area contributed by atoms with Crippen LogP contribution in [0.15, 0.2) is 72.8 Å². The van der Waals surface area contributed by atoms with Gasteiger partial charge in [-0.1, -0.05) is 0 Å². The molecule has 34 heavy (non-hydrogen) atoms. The van der Waals surface area contributed by atoms with Crippen molar-refractivity contribution < 1.29 is 53.5 Å². The molecule has 0 atom stereocenters. The van der Waals surface area contributed by atoms with Crippen molar-refractivity contribution in [1.82, 2.24) is 0 Å². The van der Waals surface area contributed by atoms with Gasteiger partial charge in [-0.15, -0.1) is 0 Å². The second kappa shape index (κ2) is 9.39. The predicted octanol–water partition coefficient (Wildman–Crippen LogP) is 7.26. The fraction of sp³-hybridized carbons (Fsp3) is 0.143. The molecule has 3 aromatic carbocycles. The van der Waals surface area contributed by atoms with E-state index in [1.807, 2.05) is 0 Å². The van der Waals surface area contributed by atoms with Crippen molar-refractivity contribution in [1.29, 1.82) is 0 Å². The van der Waals surface area contributed by atoms with Gasteiger partial charge in [-0.3, -0.25) is 0 Å². The summed E-state index contributed by atoms with van der Waals surface area (Å²) in [5.41, 5.74) is -2.91. The van der Waals surface area contributed by atoms with Crippen molar-refractivity contribution in [3.63, 3.8) is 0 Å². The van der Waals surface area contributed by atoms with Crippen molar-refractivity contribution in [2.45, 2.75) is 18.5 Å². The first kappa shape index (κ1) is 25.1. The van der Waals surface area contributed by atoms with Crippen LogP contribution in [-0.4, -0.2) is 7.32 Å². The van der Waals surface area contributed by atoms with Crippen molar-refractivity contribution in [3.05, 3.63) is 89.5 Å². The normalized spacial score (nSPS) is 12.3. The lowest BCUT2D eigenvalue weighted by molar-refractivity contribution is -0.138. The van der Waals surface area contributed by atoms with E-state index in [0.717, 1.165) is 36.4 Å². The van der Waals surface area contributed by atoms with Crippen molar-refractivity contribution >= 4 is 7.32 Å². The number of alkyl halides is 9. The predicted molar refractivity (Wildman–Crippen MR) is 102 cm³/mol. The Labute approximate surface area is 186 Å². The molecule has 0 spiro atoms. The minimum absolute atomic E-state index is 0.170. The Morgan fingerprint density at radius 1 is 0.382 bits per heavy atom. The third-order valence-electron chi connectivity index (χ3n) is 4.24. The maximum atomic E-state index is 12.7. The molecule has 0 saturated carbocycles. The van der Waals surface area contributed by atoms with Crippen molar-refractivity contribution in [2.75, 3.05) is 0 Å². The number of hydrogen-bond acceptors (Lipinski definition) is 3. The summed E-state index contributed by atoms with van der Waals surface area (Å²) in [5, 5.41) is 0. The molecule has 180 valence electrons. The van der Waals surface area contributed by atoms with Gasteiger partial charge >= 0.3 is 25.9 Å². The molecular weight excluding hydrogens is 482 g/mol. The van der Waals surface area contributed by atoms with Crippen LogP contribution in [0.5, 0.6) is 17.2 Å². The highest BCUT2D eigenvalue weighted by molar-refractivity contribution is 6.39. The van der Waals surface area contributed by atoms with Gasteiger partial charge in [-0.05, 0) is 72.8 Å². The first-order valence-corrected chi connectivity index (χ1v) is 9.23.